The minimum Gasteiger partial charge on any atom is -0.347 e. The molecule has 1 rings (SSSR count). The summed E-state index contributed by atoms with van der Waals surface area (Å²) in [6.45, 7) is 11.4. The Bertz CT molecular complexity index is 246. The van der Waals surface area contributed by atoms with E-state index in [1.807, 2.05) is 0 Å². The van der Waals surface area contributed by atoms with E-state index in [0.717, 1.165) is 0 Å². The molecule has 0 N–H and O–H groups in total. The molecule has 0 amide bonds. The van der Waals surface area contributed by atoms with Crippen molar-refractivity contribution in [3.8, 4) is 0 Å². The predicted octanol–water partition coefficient (Wildman–Crippen LogP) is 2.58. The molecule has 0 fully saturated rings. The lowest BCUT2D eigenvalue weighted by Crippen LogP contribution is -2.53. The third-order valence-electron chi connectivity index (χ3n) is 2.77. The van der Waals surface area contributed by atoms with Gasteiger partial charge in [0.1, 0.15) is 0 Å². The van der Waals surface area contributed by atoms with Crippen LogP contribution in [-0.2, 0) is 19.5 Å². The molecular weight excluding hydrogens is 172 g/mol. The molecule has 0 unspecified atom stereocenters. The van der Waals surface area contributed by atoms with Crippen LogP contribution in [0.25, 0.3) is 0 Å². The van der Waals surface area contributed by atoms with Crippen LogP contribution in [0.3, 0.4) is 0 Å². The molecule has 0 saturated heterocycles. The summed E-state index contributed by atoms with van der Waals surface area (Å²) >= 11 is 0. The topological polar surface area (TPSA) is 8.81 Å². The van der Waals surface area contributed by atoms with Gasteiger partial charge in [-0.15, -0.1) is 0 Å². The Morgan fingerprint density at radius 1 is 1.14 bits per heavy atom. The van der Waals surface area contributed by atoms with Crippen molar-refractivity contribution in [1.82, 2.24) is 4.57 Å². The summed E-state index contributed by atoms with van der Waals surface area (Å²) in [6, 6.07) is 0. The first-order valence-electron chi connectivity index (χ1n) is 6.00. The van der Waals surface area contributed by atoms with Crippen LogP contribution in [0.4, 0.5) is 0 Å². The summed E-state index contributed by atoms with van der Waals surface area (Å²) in [7, 11) is 0. The van der Waals surface area contributed by atoms with Crippen molar-refractivity contribution in [2.45, 2.75) is 66.5 Å². The zero-order chi connectivity index (χ0) is 10.6. The highest BCUT2D eigenvalue weighted by Crippen LogP contribution is 2.08. The highest BCUT2D eigenvalue weighted by atomic mass is 15.3. The third-order valence-corrected chi connectivity index (χ3v) is 2.77. The highest BCUT2D eigenvalue weighted by molar-refractivity contribution is 4.90. The van der Waals surface area contributed by atoms with Crippen LogP contribution < -0.4 is 4.57 Å². The van der Waals surface area contributed by atoms with E-state index in [2.05, 4.69) is 36.8 Å². The first-order chi connectivity index (χ1) is 6.76. The molecule has 82 valence electrons. The standard InChI is InChI=1S/C12H24N2/c1-5-8-12-13(9-6-2)11(4)14(12)10-7-3/h5-10H2,1-4H3. The molecule has 2 nitrogen and oxygen atoms in total. The van der Waals surface area contributed by atoms with Crippen LogP contribution >= 0.6 is 0 Å². The lowest BCUT2D eigenvalue weighted by molar-refractivity contribution is -0.738. The molecule has 0 bridgehead atoms. The fourth-order valence-electron chi connectivity index (χ4n) is 2.14. The Labute approximate surface area is 87.9 Å². The van der Waals surface area contributed by atoms with Crippen molar-refractivity contribution >= 4 is 0 Å². The average Bonchev–Trinajstić information content (AvgIpc) is 2.21. The molecule has 0 aliphatic rings. The van der Waals surface area contributed by atoms with Gasteiger partial charge >= 0.3 is 0 Å². The van der Waals surface area contributed by atoms with Crippen molar-refractivity contribution < 1.29 is 4.57 Å². The van der Waals surface area contributed by atoms with Gasteiger partial charge in [-0.05, 0) is 26.2 Å². The normalized spacial score (nSPS) is 11.1. The number of aromatic nitrogens is 2. The van der Waals surface area contributed by atoms with Crippen LogP contribution in [0, 0.1) is 6.92 Å². The van der Waals surface area contributed by atoms with Gasteiger partial charge in [0.25, 0.3) is 0 Å². The molecule has 0 saturated carbocycles. The Morgan fingerprint density at radius 2 is 1.86 bits per heavy atom. The summed E-state index contributed by atoms with van der Waals surface area (Å²) in [6.07, 6.45) is 4.97. The molecule has 0 aliphatic carbocycles. The Balaban J connectivity index is 2.78. The maximum Gasteiger partial charge on any atom is 0.0982 e. The van der Waals surface area contributed by atoms with E-state index in [1.54, 1.807) is 5.82 Å². The summed E-state index contributed by atoms with van der Waals surface area (Å²) in [5.41, 5.74) is 0. The Kier molecular flexibility index (Phi) is 4.30. The van der Waals surface area contributed by atoms with Gasteiger partial charge in [0.15, 0.2) is 0 Å². The summed E-state index contributed by atoms with van der Waals surface area (Å²) in [4.78, 5) is 0. The quantitative estimate of drug-likeness (QED) is 0.488. The molecular formula is C12H24N2. The molecule has 2 heteroatoms. The molecule has 1 aromatic heterocycles. The van der Waals surface area contributed by atoms with Gasteiger partial charge < -0.3 is 9.13 Å². The number of rotatable bonds is 6. The van der Waals surface area contributed by atoms with E-state index in [-0.39, 0.29) is 0 Å². The number of hydrogen-bond donors (Lipinski definition) is 0. The lowest BCUT2D eigenvalue weighted by atomic mass is 10.2. The van der Waals surface area contributed by atoms with Crippen molar-refractivity contribution in [2.24, 2.45) is 0 Å². The van der Waals surface area contributed by atoms with E-state index in [9.17, 15) is 0 Å². The number of hydrogen-bond acceptors (Lipinski definition) is 0. The van der Waals surface area contributed by atoms with Gasteiger partial charge in [0.2, 0.25) is 0 Å². The third kappa shape index (κ3) is 2.05. The average molecular weight is 196 g/mol. The monoisotopic (exact) mass is 196 g/mol. The summed E-state index contributed by atoms with van der Waals surface area (Å²) < 4.78 is 4.97. The van der Waals surface area contributed by atoms with Crippen LogP contribution in [-0.4, -0.2) is 4.57 Å². The van der Waals surface area contributed by atoms with E-state index in [0.29, 0.717) is 0 Å². The van der Waals surface area contributed by atoms with E-state index >= 15 is 0 Å². The zero-order valence-electron chi connectivity index (χ0n) is 10.1. The van der Waals surface area contributed by atoms with Crippen molar-refractivity contribution in [2.75, 3.05) is 0 Å². The molecule has 0 aliphatic heterocycles. The summed E-state index contributed by atoms with van der Waals surface area (Å²) in [5, 5.41) is 0. The van der Waals surface area contributed by atoms with Gasteiger partial charge in [-0.1, -0.05) is 27.2 Å². The smallest absolute Gasteiger partial charge is 0.0982 e. The lowest BCUT2D eigenvalue weighted by Gasteiger charge is -2.31. The molecule has 0 radical (unpaired) electrons. The van der Waals surface area contributed by atoms with E-state index in [1.165, 1.54) is 44.6 Å². The first-order valence-corrected chi connectivity index (χ1v) is 6.00. The zero-order valence-corrected chi connectivity index (χ0v) is 10.1. The second-order valence-corrected chi connectivity index (χ2v) is 4.02. The first kappa shape index (κ1) is 11.4. The largest absolute Gasteiger partial charge is 0.347 e. The second-order valence-electron chi connectivity index (χ2n) is 4.02. The maximum atomic E-state index is 2.49. The maximum absolute atomic E-state index is 2.49. The van der Waals surface area contributed by atoms with E-state index in [4.69, 9.17) is 0 Å². The van der Waals surface area contributed by atoms with Gasteiger partial charge in [-0.3, -0.25) is 0 Å². The highest BCUT2D eigenvalue weighted by Gasteiger charge is 2.14. The van der Waals surface area contributed by atoms with Crippen LogP contribution in [0.15, 0.2) is 0 Å². The second kappa shape index (κ2) is 5.28. The molecule has 14 heavy (non-hydrogen) atoms. The van der Waals surface area contributed by atoms with Gasteiger partial charge in [-0.25, -0.2) is 0 Å². The SMILES string of the molecule is CCCc1n(CCC)[c-](C)[n+]1CCC. The minimum atomic E-state index is 1.20. The molecule has 0 spiro atoms. The van der Waals surface area contributed by atoms with Crippen molar-refractivity contribution in [3.63, 3.8) is 0 Å². The van der Waals surface area contributed by atoms with Crippen molar-refractivity contribution in [1.29, 1.82) is 0 Å². The fraction of sp³-hybridized carbons (Fsp3) is 0.833. The molecule has 1 heterocycles. The predicted molar refractivity (Wildman–Crippen MR) is 59.5 cm³/mol. The summed E-state index contributed by atoms with van der Waals surface area (Å²) in [5.74, 6) is 3.01. The minimum absolute atomic E-state index is 1.20. The van der Waals surface area contributed by atoms with E-state index < -0.39 is 0 Å². The van der Waals surface area contributed by atoms with Crippen molar-refractivity contribution in [3.05, 3.63) is 11.6 Å². The Morgan fingerprint density at radius 3 is 2.36 bits per heavy atom. The Hall–Kier alpha value is -0.660. The fourth-order valence-corrected chi connectivity index (χ4v) is 2.14. The molecule has 0 atom stereocenters. The molecule has 0 aromatic carbocycles. The van der Waals surface area contributed by atoms with Gasteiger partial charge in [0.05, 0.1) is 11.6 Å². The van der Waals surface area contributed by atoms with Gasteiger partial charge in [0, 0.05) is 13.1 Å². The number of nitrogens with zero attached hydrogens (tertiary/aromatic N) is 2. The van der Waals surface area contributed by atoms with Gasteiger partial charge in [-0.2, -0.15) is 0 Å². The van der Waals surface area contributed by atoms with Crippen LogP contribution in [0.5, 0.6) is 0 Å². The molecule has 1 aromatic rings. The van der Waals surface area contributed by atoms with Crippen LogP contribution in [0.1, 0.15) is 51.7 Å². The van der Waals surface area contributed by atoms with Crippen LogP contribution in [0.2, 0.25) is 0 Å².